The van der Waals surface area contributed by atoms with Crippen molar-refractivity contribution in [3.8, 4) is 0 Å². The molecule has 0 saturated heterocycles. The number of nitrogen functional groups attached to an aromatic ring is 1. The maximum absolute atomic E-state index is 9.39. The highest BCUT2D eigenvalue weighted by Gasteiger charge is 2.16. The van der Waals surface area contributed by atoms with E-state index in [2.05, 4.69) is 20.3 Å². The molecule has 4 N–H and O–H groups in total. The van der Waals surface area contributed by atoms with Gasteiger partial charge < -0.3 is 20.7 Å². The molecule has 0 fully saturated rings. The maximum Gasteiger partial charge on any atom is 0.175 e. The summed E-state index contributed by atoms with van der Waals surface area (Å²) in [5.74, 6) is 0.361. The van der Waals surface area contributed by atoms with E-state index in [-0.39, 0.29) is 0 Å². The number of nitrogens with two attached hydrogens (primary N) is 1. The van der Waals surface area contributed by atoms with E-state index in [1.54, 1.807) is 18.7 Å². The van der Waals surface area contributed by atoms with Crippen LogP contribution in [0.25, 0.3) is 11.2 Å². The smallest absolute Gasteiger partial charge is 0.175 e. The Balaban J connectivity index is 1.92. The van der Waals surface area contributed by atoms with Crippen molar-refractivity contribution in [2.45, 2.75) is 36.5 Å². The fourth-order valence-electron chi connectivity index (χ4n) is 2.54. The van der Waals surface area contributed by atoms with E-state index >= 15 is 0 Å². The highest BCUT2D eigenvalue weighted by Crippen LogP contribution is 2.33. The first-order valence-electron chi connectivity index (χ1n) is 8.25. The molecule has 0 saturated carbocycles. The number of nitrogens with zero attached hydrogens (tertiary/aromatic N) is 4. The standard InChI is InChI=1S/C17H21ClN6OS/c1-10-7-12(18)3-4-13(10)26-17-23-14-15(19)21-9-22-16(14)24(17)6-5-20-8-11(2)25/h3-4,7,9,11,20,25H,5-6,8H2,1-2H3,(H2,19,21,22). The normalized spacial score (nSPS) is 12.6. The molecule has 3 rings (SSSR count). The number of benzene rings is 1. The zero-order valence-electron chi connectivity index (χ0n) is 14.6. The molecule has 0 aliphatic rings. The molecule has 0 bridgehead atoms. The molecule has 1 atom stereocenters. The molecule has 1 aromatic carbocycles. The monoisotopic (exact) mass is 392 g/mol. The Morgan fingerprint density at radius 1 is 1.38 bits per heavy atom. The van der Waals surface area contributed by atoms with Gasteiger partial charge in [-0.15, -0.1) is 0 Å². The zero-order valence-corrected chi connectivity index (χ0v) is 16.2. The molecule has 26 heavy (non-hydrogen) atoms. The van der Waals surface area contributed by atoms with Crippen molar-refractivity contribution in [3.05, 3.63) is 35.1 Å². The molecule has 9 heteroatoms. The van der Waals surface area contributed by atoms with E-state index in [0.29, 0.717) is 41.6 Å². The van der Waals surface area contributed by atoms with Gasteiger partial charge in [0.05, 0.1) is 6.10 Å². The molecule has 0 aliphatic heterocycles. The SMILES string of the molecule is Cc1cc(Cl)ccc1Sc1nc2c(N)ncnc2n1CCNCC(C)O. The van der Waals surface area contributed by atoms with Crippen LogP contribution in [0.3, 0.4) is 0 Å². The second-order valence-corrected chi connectivity index (χ2v) is 7.49. The molecule has 7 nitrogen and oxygen atoms in total. The number of rotatable bonds is 7. The second-order valence-electron chi connectivity index (χ2n) is 6.04. The number of aryl methyl sites for hydroxylation is 1. The third-order valence-electron chi connectivity index (χ3n) is 3.82. The van der Waals surface area contributed by atoms with Gasteiger partial charge in [-0.3, -0.25) is 0 Å². The van der Waals surface area contributed by atoms with Crippen LogP contribution in [0.5, 0.6) is 0 Å². The number of hydrogen-bond acceptors (Lipinski definition) is 7. The van der Waals surface area contributed by atoms with E-state index in [0.717, 1.165) is 15.6 Å². The fourth-order valence-corrected chi connectivity index (χ4v) is 3.75. The summed E-state index contributed by atoms with van der Waals surface area (Å²) >= 11 is 7.59. The van der Waals surface area contributed by atoms with E-state index in [1.165, 1.54) is 6.33 Å². The molecule has 0 aliphatic carbocycles. The van der Waals surface area contributed by atoms with E-state index in [9.17, 15) is 5.11 Å². The van der Waals surface area contributed by atoms with Crippen molar-refractivity contribution in [1.29, 1.82) is 0 Å². The number of aromatic nitrogens is 4. The van der Waals surface area contributed by atoms with Crippen LogP contribution in [0.1, 0.15) is 12.5 Å². The molecular formula is C17H21ClN6OS. The lowest BCUT2D eigenvalue weighted by molar-refractivity contribution is 0.191. The van der Waals surface area contributed by atoms with E-state index < -0.39 is 6.10 Å². The van der Waals surface area contributed by atoms with Gasteiger partial charge in [0.15, 0.2) is 22.1 Å². The lowest BCUT2D eigenvalue weighted by atomic mass is 10.2. The van der Waals surface area contributed by atoms with Crippen LogP contribution in [-0.4, -0.2) is 43.8 Å². The van der Waals surface area contributed by atoms with Crippen molar-refractivity contribution in [3.63, 3.8) is 0 Å². The van der Waals surface area contributed by atoms with Crippen LogP contribution in [0.4, 0.5) is 5.82 Å². The minimum absolute atomic E-state index is 0.361. The van der Waals surface area contributed by atoms with E-state index in [4.69, 9.17) is 17.3 Å². The lowest BCUT2D eigenvalue weighted by Crippen LogP contribution is -2.27. The van der Waals surface area contributed by atoms with Crippen LogP contribution in [0, 0.1) is 6.92 Å². The summed E-state index contributed by atoms with van der Waals surface area (Å²) in [5.41, 5.74) is 8.34. The Labute approximate surface area is 161 Å². The number of aliphatic hydroxyl groups excluding tert-OH is 1. The largest absolute Gasteiger partial charge is 0.392 e. The minimum Gasteiger partial charge on any atom is -0.392 e. The lowest BCUT2D eigenvalue weighted by Gasteiger charge is -2.11. The van der Waals surface area contributed by atoms with Crippen molar-refractivity contribution in [1.82, 2.24) is 24.8 Å². The van der Waals surface area contributed by atoms with Gasteiger partial charge in [0.25, 0.3) is 0 Å². The number of halogens is 1. The molecule has 0 amide bonds. The molecule has 0 spiro atoms. The van der Waals surface area contributed by atoms with Gasteiger partial charge in [-0.2, -0.15) is 0 Å². The Morgan fingerprint density at radius 3 is 2.92 bits per heavy atom. The number of hydrogen-bond donors (Lipinski definition) is 3. The topological polar surface area (TPSA) is 102 Å². The summed E-state index contributed by atoms with van der Waals surface area (Å²) in [7, 11) is 0. The quantitative estimate of drug-likeness (QED) is 0.531. The first-order valence-corrected chi connectivity index (χ1v) is 9.44. The van der Waals surface area contributed by atoms with Crippen LogP contribution < -0.4 is 11.1 Å². The average molecular weight is 393 g/mol. The molecule has 2 aromatic heterocycles. The van der Waals surface area contributed by atoms with Crippen LogP contribution in [0.2, 0.25) is 5.02 Å². The van der Waals surface area contributed by atoms with Gasteiger partial charge in [0, 0.05) is 29.6 Å². The summed E-state index contributed by atoms with van der Waals surface area (Å²) < 4.78 is 2.02. The molecular weight excluding hydrogens is 372 g/mol. The summed E-state index contributed by atoms with van der Waals surface area (Å²) in [6.45, 7) is 5.61. The molecule has 138 valence electrons. The summed E-state index contributed by atoms with van der Waals surface area (Å²) in [6, 6.07) is 5.77. The Bertz CT molecular complexity index is 914. The fraction of sp³-hybridized carbons (Fsp3) is 0.353. The van der Waals surface area contributed by atoms with Crippen LogP contribution >= 0.6 is 23.4 Å². The first-order chi connectivity index (χ1) is 12.5. The van der Waals surface area contributed by atoms with Gasteiger partial charge in [-0.05, 0) is 37.6 Å². The molecule has 3 aromatic rings. The number of imidazole rings is 1. The highest BCUT2D eigenvalue weighted by molar-refractivity contribution is 7.99. The van der Waals surface area contributed by atoms with Crippen LogP contribution in [0.15, 0.2) is 34.6 Å². The molecule has 0 radical (unpaired) electrons. The van der Waals surface area contributed by atoms with Gasteiger partial charge in [0.2, 0.25) is 0 Å². The number of fused-ring (bicyclic) bond motifs is 1. The second kappa shape index (κ2) is 8.22. The van der Waals surface area contributed by atoms with Gasteiger partial charge in [0.1, 0.15) is 6.33 Å². The molecule has 2 heterocycles. The average Bonchev–Trinajstić information content (AvgIpc) is 2.93. The number of aliphatic hydroxyl groups is 1. The summed E-state index contributed by atoms with van der Waals surface area (Å²) in [6.07, 6.45) is 1.05. The van der Waals surface area contributed by atoms with Crippen molar-refractivity contribution >= 4 is 40.3 Å². The Hall–Kier alpha value is -1.87. The van der Waals surface area contributed by atoms with Gasteiger partial charge >= 0.3 is 0 Å². The minimum atomic E-state index is -0.391. The van der Waals surface area contributed by atoms with Gasteiger partial charge in [-0.1, -0.05) is 23.4 Å². The third kappa shape index (κ3) is 4.27. The summed E-state index contributed by atoms with van der Waals surface area (Å²) in [4.78, 5) is 14.1. The number of anilines is 1. The first kappa shape index (κ1) is 18.9. The Kier molecular flexibility index (Phi) is 5.98. The highest BCUT2D eigenvalue weighted by atomic mass is 35.5. The predicted octanol–water partition coefficient (Wildman–Crippen LogP) is 2.49. The van der Waals surface area contributed by atoms with Crippen molar-refractivity contribution in [2.24, 2.45) is 0 Å². The Morgan fingerprint density at radius 2 is 2.19 bits per heavy atom. The summed E-state index contributed by atoms with van der Waals surface area (Å²) in [5, 5.41) is 14.1. The van der Waals surface area contributed by atoms with Crippen molar-refractivity contribution < 1.29 is 5.11 Å². The van der Waals surface area contributed by atoms with Crippen LogP contribution in [-0.2, 0) is 6.54 Å². The van der Waals surface area contributed by atoms with Gasteiger partial charge in [-0.25, -0.2) is 15.0 Å². The number of nitrogens with one attached hydrogen (secondary N) is 1. The zero-order chi connectivity index (χ0) is 18.7. The molecule has 1 unspecified atom stereocenters. The predicted molar refractivity (Wildman–Crippen MR) is 105 cm³/mol. The third-order valence-corrected chi connectivity index (χ3v) is 5.22. The van der Waals surface area contributed by atoms with E-state index in [1.807, 2.05) is 29.7 Å². The maximum atomic E-state index is 9.39. The van der Waals surface area contributed by atoms with Crippen molar-refractivity contribution in [2.75, 3.05) is 18.8 Å².